The lowest BCUT2D eigenvalue weighted by atomic mass is 10.3. The molecule has 0 aliphatic heterocycles. The highest BCUT2D eigenvalue weighted by Crippen LogP contribution is 2.34. The molecule has 0 spiro atoms. The number of para-hydroxylation sites is 2. The van der Waals surface area contributed by atoms with E-state index in [9.17, 15) is 4.79 Å². The summed E-state index contributed by atoms with van der Waals surface area (Å²) in [6.07, 6.45) is 0. The van der Waals surface area contributed by atoms with Gasteiger partial charge in [-0.05, 0) is 30.3 Å². The molecule has 0 saturated heterocycles. The highest BCUT2D eigenvalue weighted by molar-refractivity contribution is 6.35. The number of halogens is 3. The van der Waals surface area contributed by atoms with Gasteiger partial charge in [-0.3, -0.25) is 4.79 Å². The van der Waals surface area contributed by atoms with Crippen LogP contribution in [0.25, 0.3) is 0 Å². The van der Waals surface area contributed by atoms with E-state index in [1.807, 2.05) is 0 Å². The Bertz CT molecular complexity index is 632. The van der Waals surface area contributed by atoms with Gasteiger partial charge in [0.15, 0.2) is 5.75 Å². The fraction of sp³-hybridized carbons (Fsp3) is 0.0714. The summed E-state index contributed by atoms with van der Waals surface area (Å²) < 4.78 is 5.69. The van der Waals surface area contributed by atoms with Crippen molar-refractivity contribution < 1.29 is 9.53 Å². The molecule has 1 amide bonds. The summed E-state index contributed by atoms with van der Waals surface area (Å²) in [6, 6.07) is 11.9. The van der Waals surface area contributed by atoms with Gasteiger partial charge in [0.25, 0.3) is 0 Å². The van der Waals surface area contributed by atoms with Crippen LogP contribution in [-0.4, -0.2) is 11.8 Å². The monoisotopic (exact) mass is 329 g/mol. The minimum absolute atomic E-state index is 0.129. The maximum absolute atomic E-state index is 11.4. The summed E-state index contributed by atoms with van der Waals surface area (Å²) in [5, 5.41) is 3.55. The molecule has 0 aliphatic carbocycles. The Labute approximate surface area is 131 Å². The number of rotatable bonds is 4. The molecule has 0 saturated carbocycles. The van der Waals surface area contributed by atoms with Gasteiger partial charge in [-0.15, -0.1) is 11.6 Å². The average molecular weight is 331 g/mol. The SMILES string of the molecule is O=C(CCl)Nc1ccccc1Oc1ccc(Cl)cc1Cl. The first-order chi connectivity index (χ1) is 9.60. The minimum atomic E-state index is -0.315. The zero-order valence-corrected chi connectivity index (χ0v) is 12.5. The van der Waals surface area contributed by atoms with E-state index in [1.54, 1.807) is 42.5 Å². The summed E-state index contributed by atoms with van der Waals surface area (Å²) in [5.74, 6) is 0.472. The van der Waals surface area contributed by atoms with E-state index in [4.69, 9.17) is 39.5 Å². The number of hydrogen-bond acceptors (Lipinski definition) is 2. The summed E-state index contributed by atoms with van der Waals surface area (Å²) in [5.41, 5.74) is 0.518. The van der Waals surface area contributed by atoms with Gasteiger partial charge in [-0.25, -0.2) is 0 Å². The van der Waals surface area contributed by atoms with Crippen molar-refractivity contribution >= 4 is 46.4 Å². The van der Waals surface area contributed by atoms with E-state index >= 15 is 0 Å². The summed E-state index contributed by atoms with van der Waals surface area (Å²) >= 11 is 17.3. The van der Waals surface area contributed by atoms with Gasteiger partial charge in [0.05, 0.1) is 10.7 Å². The van der Waals surface area contributed by atoms with Crippen molar-refractivity contribution in [3.63, 3.8) is 0 Å². The second-order valence-electron chi connectivity index (χ2n) is 3.85. The van der Waals surface area contributed by atoms with Crippen molar-refractivity contribution in [1.82, 2.24) is 0 Å². The van der Waals surface area contributed by atoms with Crippen LogP contribution in [0.4, 0.5) is 5.69 Å². The molecule has 0 fully saturated rings. The van der Waals surface area contributed by atoms with Crippen LogP contribution >= 0.6 is 34.8 Å². The third-order valence-electron chi connectivity index (χ3n) is 2.40. The first kappa shape index (κ1) is 15.0. The van der Waals surface area contributed by atoms with Crippen LogP contribution in [0.2, 0.25) is 10.0 Å². The zero-order valence-electron chi connectivity index (χ0n) is 10.2. The van der Waals surface area contributed by atoms with E-state index in [1.165, 1.54) is 0 Å². The van der Waals surface area contributed by atoms with Gasteiger partial charge in [0.2, 0.25) is 5.91 Å². The van der Waals surface area contributed by atoms with Gasteiger partial charge >= 0.3 is 0 Å². The van der Waals surface area contributed by atoms with Gasteiger partial charge < -0.3 is 10.1 Å². The quantitative estimate of drug-likeness (QED) is 0.804. The van der Waals surface area contributed by atoms with E-state index in [0.29, 0.717) is 27.2 Å². The zero-order chi connectivity index (χ0) is 14.5. The lowest BCUT2D eigenvalue weighted by Crippen LogP contribution is -2.13. The van der Waals surface area contributed by atoms with E-state index in [0.717, 1.165) is 0 Å². The van der Waals surface area contributed by atoms with E-state index in [-0.39, 0.29) is 11.8 Å². The number of ether oxygens (including phenoxy) is 1. The van der Waals surface area contributed by atoms with E-state index < -0.39 is 0 Å². The van der Waals surface area contributed by atoms with Crippen LogP contribution in [0.5, 0.6) is 11.5 Å². The van der Waals surface area contributed by atoms with Crippen LogP contribution in [0.3, 0.4) is 0 Å². The van der Waals surface area contributed by atoms with Crippen molar-refractivity contribution in [2.45, 2.75) is 0 Å². The number of nitrogens with one attached hydrogen (secondary N) is 1. The number of carbonyl (C=O) groups is 1. The predicted octanol–water partition coefficient (Wildman–Crippen LogP) is 4.96. The molecule has 2 rings (SSSR count). The summed E-state index contributed by atoms with van der Waals surface area (Å²) in [6.45, 7) is 0. The lowest BCUT2D eigenvalue weighted by molar-refractivity contribution is -0.113. The predicted molar refractivity (Wildman–Crippen MR) is 82.3 cm³/mol. The highest BCUT2D eigenvalue weighted by atomic mass is 35.5. The van der Waals surface area contributed by atoms with Crippen LogP contribution in [0.15, 0.2) is 42.5 Å². The summed E-state index contributed by atoms with van der Waals surface area (Å²) in [7, 11) is 0. The smallest absolute Gasteiger partial charge is 0.239 e. The maximum Gasteiger partial charge on any atom is 0.239 e. The Morgan fingerprint density at radius 3 is 2.55 bits per heavy atom. The van der Waals surface area contributed by atoms with Crippen LogP contribution in [0, 0.1) is 0 Å². The fourth-order valence-corrected chi connectivity index (χ4v) is 2.03. The number of alkyl halides is 1. The molecule has 0 unspecified atom stereocenters. The number of hydrogen-bond donors (Lipinski definition) is 1. The molecule has 0 bridgehead atoms. The largest absolute Gasteiger partial charge is 0.454 e. The van der Waals surface area contributed by atoms with Crippen molar-refractivity contribution in [1.29, 1.82) is 0 Å². The fourth-order valence-electron chi connectivity index (χ4n) is 1.52. The second-order valence-corrected chi connectivity index (χ2v) is 4.97. The maximum atomic E-state index is 11.4. The number of carbonyl (C=O) groups excluding carboxylic acids is 1. The first-order valence-corrected chi connectivity index (χ1v) is 6.97. The Morgan fingerprint density at radius 2 is 1.85 bits per heavy atom. The number of benzene rings is 2. The van der Waals surface area contributed by atoms with Crippen LogP contribution in [0.1, 0.15) is 0 Å². The number of amides is 1. The molecular weight excluding hydrogens is 321 g/mol. The molecule has 0 aliphatic rings. The Kier molecular flexibility index (Phi) is 5.12. The molecule has 0 heterocycles. The first-order valence-electron chi connectivity index (χ1n) is 5.68. The molecule has 1 N–H and O–H groups in total. The topological polar surface area (TPSA) is 38.3 Å². The van der Waals surface area contributed by atoms with Crippen molar-refractivity contribution in [2.75, 3.05) is 11.2 Å². The van der Waals surface area contributed by atoms with Crippen LogP contribution < -0.4 is 10.1 Å². The lowest BCUT2D eigenvalue weighted by Gasteiger charge is -2.12. The molecule has 0 atom stereocenters. The Hall–Kier alpha value is -1.42. The molecule has 0 aromatic heterocycles. The molecule has 3 nitrogen and oxygen atoms in total. The molecule has 20 heavy (non-hydrogen) atoms. The molecule has 0 radical (unpaired) electrons. The standard InChI is InChI=1S/C14H10Cl3NO2/c15-8-14(19)18-11-3-1-2-4-13(11)20-12-6-5-9(16)7-10(12)17/h1-7H,8H2,(H,18,19). The van der Waals surface area contributed by atoms with Gasteiger partial charge in [-0.1, -0.05) is 35.3 Å². The third-order valence-corrected chi connectivity index (χ3v) is 3.17. The molecule has 2 aromatic carbocycles. The molecule has 104 valence electrons. The Balaban J connectivity index is 2.26. The van der Waals surface area contributed by atoms with Crippen molar-refractivity contribution in [2.24, 2.45) is 0 Å². The Morgan fingerprint density at radius 1 is 1.10 bits per heavy atom. The highest BCUT2D eigenvalue weighted by Gasteiger charge is 2.09. The average Bonchev–Trinajstić information content (AvgIpc) is 2.43. The van der Waals surface area contributed by atoms with Gasteiger partial charge in [-0.2, -0.15) is 0 Å². The van der Waals surface area contributed by atoms with Gasteiger partial charge in [0, 0.05) is 5.02 Å². The van der Waals surface area contributed by atoms with Crippen molar-refractivity contribution in [3.05, 3.63) is 52.5 Å². The van der Waals surface area contributed by atoms with Gasteiger partial charge in [0.1, 0.15) is 11.6 Å². The van der Waals surface area contributed by atoms with Crippen molar-refractivity contribution in [3.8, 4) is 11.5 Å². The summed E-state index contributed by atoms with van der Waals surface area (Å²) in [4.78, 5) is 11.4. The minimum Gasteiger partial charge on any atom is -0.454 e. The van der Waals surface area contributed by atoms with Crippen LogP contribution in [-0.2, 0) is 4.79 Å². The number of anilines is 1. The normalized spacial score (nSPS) is 10.2. The molecular formula is C14H10Cl3NO2. The van der Waals surface area contributed by atoms with E-state index in [2.05, 4.69) is 5.32 Å². The molecule has 6 heteroatoms. The molecule has 2 aromatic rings. The third kappa shape index (κ3) is 3.79. The second kappa shape index (κ2) is 6.84.